The molecule has 1 saturated heterocycles. The van der Waals surface area contributed by atoms with Gasteiger partial charge in [-0.3, -0.25) is 4.79 Å². The summed E-state index contributed by atoms with van der Waals surface area (Å²) >= 11 is 11.5. The molecule has 2 heterocycles. The summed E-state index contributed by atoms with van der Waals surface area (Å²) in [6.45, 7) is 0.799. The lowest BCUT2D eigenvalue weighted by atomic mass is 9.88. The van der Waals surface area contributed by atoms with Crippen molar-refractivity contribution in [2.24, 2.45) is 5.92 Å². The molecule has 1 N–H and O–H groups in total. The van der Waals surface area contributed by atoms with Gasteiger partial charge in [0.15, 0.2) is 0 Å². The number of carbonyl (C=O) groups is 1. The third-order valence-electron chi connectivity index (χ3n) is 3.60. The molecule has 0 atom stereocenters. The highest BCUT2D eigenvalue weighted by atomic mass is 35.5. The lowest BCUT2D eigenvalue weighted by Crippen LogP contribution is -2.64. The van der Waals surface area contributed by atoms with E-state index in [1.165, 1.54) is 12.3 Å². The third kappa shape index (κ3) is 1.98. The Morgan fingerprint density at radius 1 is 1.44 bits per heavy atom. The standard InChI is InChI=1S/C12H12Cl2N2O2/c13-9-3-7(4-15-10(9)14)11(17)16-5-12(18,6-16)8-1-2-8/h3-4,8,18H,1-2,5-6H2. The summed E-state index contributed by atoms with van der Waals surface area (Å²) in [6.07, 6.45) is 3.53. The largest absolute Gasteiger partial charge is 0.386 e. The molecule has 1 aromatic rings. The molecule has 2 aliphatic rings. The Balaban J connectivity index is 1.70. The molecule has 96 valence electrons. The number of aliphatic hydroxyl groups is 1. The Hall–Kier alpha value is -0.840. The summed E-state index contributed by atoms with van der Waals surface area (Å²) in [5.74, 6) is 0.208. The average Bonchev–Trinajstić information content (AvgIpc) is 3.12. The Labute approximate surface area is 115 Å². The molecule has 1 aromatic heterocycles. The normalized spacial score (nSPS) is 21.6. The van der Waals surface area contributed by atoms with Crippen LogP contribution in [-0.4, -0.2) is 39.6 Å². The van der Waals surface area contributed by atoms with Gasteiger partial charge >= 0.3 is 0 Å². The van der Waals surface area contributed by atoms with Crippen molar-refractivity contribution in [3.63, 3.8) is 0 Å². The fourth-order valence-electron chi connectivity index (χ4n) is 2.36. The summed E-state index contributed by atoms with van der Waals surface area (Å²) in [4.78, 5) is 17.6. The Morgan fingerprint density at radius 3 is 2.67 bits per heavy atom. The number of hydrogen-bond donors (Lipinski definition) is 1. The summed E-state index contributed by atoms with van der Waals surface area (Å²) in [5.41, 5.74) is -0.262. The van der Waals surface area contributed by atoms with E-state index in [2.05, 4.69) is 4.98 Å². The second kappa shape index (κ2) is 4.08. The van der Waals surface area contributed by atoms with Gasteiger partial charge in [-0.05, 0) is 24.8 Å². The number of halogens is 2. The van der Waals surface area contributed by atoms with Crippen molar-refractivity contribution >= 4 is 29.1 Å². The second-order valence-corrected chi connectivity index (χ2v) is 5.80. The molecule has 3 rings (SSSR count). The van der Waals surface area contributed by atoms with E-state index in [1.807, 2.05) is 0 Å². The zero-order chi connectivity index (χ0) is 12.9. The van der Waals surface area contributed by atoms with Crippen molar-refractivity contribution in [3.05, 3.63) is 28.0 Å². The highest BCUT2D eigenvalue weighted by molar-refractivity contribution is 6.41. The van der Waals surface area contributed by atoms with E-state index in [4.69, 9.17) is 23.2 Å². The lowest BCUT2D eigenvalue weighted by molar-refractivity contribution is -0.0958. The number of hydrogen-bond acceptors (Lipinski definition) is 3. The molecule has 0 aromatic carbocycles. The SMILES string of the molecule is O=C(c1cnc(Cl)c(Cl)c1)N1CC(O)(C2CC2)C1. The molecule has 1 aliphatic carbocycles. The van der Waals surface area contributed by atoms with Crippen molar-refractivity contribution in [1.82, 2.24) is 9.88 Å². The number of amides is 1. The molecular weight excluding hydrogens is 275 g/mol. The van der Waals surface area contributed by atoms with Gasteiger partial charge in [0.05, 0.1) is 23.7 Å². The molecule has 0 unspecified atom stereocenters. The van der Waals surface area contributed by atoms with E-state index in [0.29, 0.717) is 24.6 Å². The molecule has 6 heteroatoms. The number of carbonyl (C=O) groups excluding carboxylic acids is 1. The maximum Gasteiger partial charge on any atom is 0.255 e. The highest BCUT2D eigenvalue weighted by Gasteiger charge is 2.53. The summed E-state index contributed by atoms with van der Waals surface area (Å²) < 4.78 is 0. The lowest BCUT2D eigenvalue weighted by Gasteiger charge is -2.46. The number of aromatic nitrogens is 1. The molecule has 1 saturated carbocycles. The average molecular weight is 287 g/mol. The molecule has 0 bridgehead atoms. The number of β-amino-alcohol motifs (C(OH)–C–C–N with tert-alkyl or cyclic N) is 1. The smallest absolute Gasteiger partial charge is 0.255 e. The minimum atomic E-state index is -0.667. The molecule has 0 radical (unpaired) electrons. The summed E-state index contributed by atoms with van der Waals surface area (Å²) in [6, 6.07) is 1.51. The van der Waals surface area contributed by atoms with Gasteiger partial charge in [-0.2, -0.15) is 0 Å². The second-order valence-electron chi connectivity index (χ2n) is 5.04. The zero-order valence-electron chi connectivity index (χ0n) is 9.57. The summed E-state index contributed by atoms with van der Waals surface area (Å²) in [7, 11) is 0. The van der Waals surface area contributed by atoms with Crippen LogP contribution in [0.25, 0.3) is 0 Å². The maximum atomic E-state index is 12.1. The van der Waals surface area contributed by atoms with Crippen molar-refractivity contribution in [2.75, 3.05) is 13.1 Å². The van der Waals surface area contributed by atoms with E-state index >= 15 is 0 Å². The van der Waals surface area contributed by atoms with Crippen molar-refractivity contribution in [3.8, 4) is 0 Å². The van der Waals surface area contributed by atoms with Gasteiger partial charge in [0.1, 0.15) is 10.8 Å². The third-order valence-corrected chi connectivity index (χ3v) is 4.28. The van der Waals surface area contributed by atoms with Crippen LogP contribution in [-0.2, 0) is 0 Å². The van der Waals surface area contributed by atoms with Crippen molar-refractivity contribution in [1.29, 1.82) is 0 Å². The quantitative estimate of drug-likeness (QED) is 0.846. The van der Waals surface area contributed by atoms with Gasteiger partial charge in [-0.1, -0.05) is 23.2 Å². The van der Waals surface area contributed by atoms with Gasteiger partial charge in [-0.15, -0.1) is 0 Å². The van der Waals surface area contributed by atoms with Crippen LogP contribution in [0, 0.1) is 5.92 Å². The molecule has 18 heavy (non-hydrogen) atoms. The minimum absolute atomic E-state index is 0.161. The molecular formula is C12H12Cl2N2O2. The van der Waals surface area contributed by atoms with Crippen LogP contribution in [0.2, 0.25) is 10.2 Å². The number of pyridine rings is 1. The Bertz CT molecular complexity index is 511. The first kappa shape index (κ1) is 12.2. The molecule has 2 fully saturated rings. The highest BCUT2D eigenvalue weighted by Crippen LogP contribution is 2.44. The fourth-order valence-corrected chi connectivity index (χ4v) is 2.63. The van der Waals surface area contributed by atoms with Crippen LogP contribution in [0.1, 0.15) is 23.2 Å². The maximum absolute atomic E-state index is 12.1. The van der Waals surface area contributed by atoms with Crippen LogP contribution in [0.4, 0.5) is 0 Å². The first-order valence-electron chi connectivity index (χ1n) is 5.82. The van der Waals surface area contributed by atoms with Gasteiger partial charge in [0.25, 0.3) is 5.91 Å². The van der Waals surface area contributed by atoms with Crippen LogP contribution >= 0.6 is 23.2 Å². The van der Waals surface area contributed by atoms with Gasteiger partial charge in [0, 0.05) is 6.20 Å². The van der Waals surface area contributed by atoms with Gasteiger partial charge in [0.2, 0.25) is 0 Å². The van der Waals surface area contributed by atoms with Gasteiger partial charge < -0.3 is 10.0 Å². The Morgan fingerprint density at radius 2 is 2.11 bits per heavy atom. The van der Waals surface area contributed by atoms with Gasteiger partial charge in [-0.25, -0.2) is 4.98 Å². The van der Waals surface area contributed by atoms with Crippen LogP contribution in [0.5, 0.6) is 0 Å². The predicted molar refractivity (Wildman–Crippen MR) is 67.8 cm³/mol. The molecule has 1 amide bonds. The molecule has 0 spiro atoms. The minimum Gasteiger partial charge on any atom is -0.386 e. The first-order valence-corrected chi connectivity index (χ1v) is 6.58. The number of likely N-dealkylation sites (tertiary alicyclic amines) is 1. The van der Waals surface area contributed by atoms with Crippen molar-refractivity contribution in [2.45, 2.75) is 18.4 Å². The monoisotopic (exact) mass is 286 g/mol. The fraction of sp³-hybridized carbons (Fsp3) is 0.500. The Kier molecular flexibility index (Phi) is 2.77. The topological polar surface area (TPSA) is 53.4 Å². The van der Waals surface area contributed by atoms with Crippen LogP contribution in [0.3, 0.4) is 0 Å². The number of nitrogens with zero attached hydrogens (tertiary/aromatic N) is 2. The van der Waals surface area contributed by atoms with E-state index < -0.39 is 5.60 Å². The zero-order valence-corrected chi connectivity index (χ0v) is 11.1. The predicted octanol–water partition coefficient (Wildman–Crippen LogP) is 1.99. The molecule has 1 aliphatic heterocycles. The van der Waals surface area contributed by atoms with Crippen LogP contribution in [0.15, 0.2) is 12.3 Å². The molecule has 4 nitrogen and oxygen atoms in total. The number of rotatable bonds is 2. The van der Waals surface area contributed by atoms with E-state index in [1.54, 1.807) is 4.90 Å². The van der Waals surface area contributed by atoms with E-state index in [9.17, 15) is 9.90 Å². The first-order chi connectivity index (χ1) is 8.49. The van der Waals surface area contributed by atoms with E-state index in [0.717, 1.165) is 12.8 Å². The summed E-state index contributed by atoms with van der Waals surface area (Å²) in [5, 5.41) is 10.6. The van der Waals surface area contributed by atoms with E-state index in [-0.39, 0.29) is 16.1 Å². The van der Waals surface area contributed by atoms with Crippen LogP contribution < -0.4 is 0 Å². The van der Waals surface area contributed by atoms with Crippen molar-refractivity contribution < 1.29 is 9.90 Å².